The third kappa shape index (κ3) is 2.10. The molecule has 0 aliphatic carbocycles. The molecule has 4 heteroatoms. The van der Waals surface area contributed by atoms with Gasteiger partial charge in [0.15, 0.2) is 0 Å². The molecule has 2 heterocycles. The minimum atomic E-state index is 0.253. The van der Waals surface area contributed by atoms with Crippen molar-refractivity contribution in [3.05, 3.63) is 50.4 Å². The van der Waals surface area contributed by atoms with E-state index in [1.54, 1.807) is 11.3 Å². The summed E-state index contributed by atoms with van der Waals surface area (Å²) in [5.41, 5.74) is 2.47. The van der Waals surface area contributed by atoms with Crippen molar-refractivity contribution in [2.45, 2.75) is 19.4 Å². The second-order valence-corrected chi connectivity index (χ2v) is 5.91. The number of fused-ring (bicyclic) bond motifs is 1. The number of aromatic nitrogens is 1. The monoisotopic (exact) mass is 264 g/mol. The first-order chi connectivity index (χ1) is 8.24. The molecule has 1 N–H and O–H groups in total. The zero-order valence-corrected chi connectivity index (χ0v) is 11.1. The van der Waals surface area contributed by atoms with E-state index < -0.39 is 0 Å². The lowest BCUT2D eigenvalue weighted by molar-refractivity contribution is 0.570. The Balaban J connectivity index is 2.05. The number of nitrogens with zero attached hydrogens (tertiary/aromatic N) is 1. The van der Waals surface area contributed by atoms with Crippen LogP contribution in [0.5, 0.6) is 0 Å². The van der Waals surface area contributed by atoms with Gasteiger partial charge in [0.2, 0.25) is 0 Å². The summed E-state index contributed by atoms with van der Waals surface area (Å²) in [4.78, 5) is 5.94. The molecule has 2 nitrogen and oxygen atoms in total. The minimum absolute atomic E-state index is 0.253. The fourth-order valence-corrected chi connectivity index (χ4v) is 3.55. The number of hydrogen-bond donors (Lipinski definition) is 1. The molecule has 0 fully saturated rings. The molecule has 0 bridgehead atoms. The van der Waals surface area contributed by atoms with E-state index in [0.717, 1.165) is 23.0 Å². The van der Waals surface area contributed by atoms with Gasteiger partial charge in [0.05, 0.1) is 16.7 Å². The molecule has 0 spiro atoms. The molecule has 1 aromatic heterocycles. The second kappa shape index (κ2) is 4.41. The predicted octanol–water partition coefficient (Wildman–Crippen LogP) is 3.34. The number of nitrogens with one attached hydrogen (secondary N) is 1. The van der Waals surface area contributed by atoms with E-state index in [1.165, 1.54) is 16.1 Å². The average Bonchev–Trinajstić information content (AvgIpc) is 2.68. The summed E-state index contributed by atoms with van der Waals surface area (Å²) in [7, 11) is 0. The Hall–Kier alpha value is -0.900. The number of benzene rings is 1. The van der Waals surface area contributed by atoms with Crippen molar-refractivity contribution < 1.29 is 0 Å². The third-order valence-electron chi connectivity index (χ3n) is 2.99. The standard InChI is InChI=1S/C13H13ClN2S/c1-8-16-11-5-6-15-12(13(11)17-8)9-3-2-4-10(14)7-9/h2-4,7,12,15H,5-6H2,1H3. The molecule has 17 heavy (non-hydrogen) atoms. The predicted molar refractivity (Wildman–Crippen MR) is 71.9 cm³/mol. The number of aryl methyl sites for hydroxylation is 1. The van der Waals surface area contributed by atoms with Gasteiger partial charge in [-0.15, -0.1) is 11.3 Å². The van der Waals surface area contributed by atoms with Crippen LogP contribution in [0.3, 0.4) is 0 Å². The average molecular weight is 265 g/mol. The number of rotatable bonds is 1. The van der Waals surface area contributed by atoms with Crippen LogP contribution in [0.1, 0.15) is 27.2 Å². The highest BCUT2D eigenvalue weighted by molar-refractivity contribution is 7.11. The molecule has 0 amide bonds. The summed E-state index contributed by atoms with van der Waals surface area (Å²) in [6.45, 7) is 3.05. The molecule has 0 radical (unpaired) electrons. The van der Waals surface area contributed by atoms with Gasteiger partial charge in [-0.3, -0.25) is 0 Å². The van der Waals surface area contributed by atoms with E-state index in [-0.39, 0.29) is 6.04 Å². The maximum absolute atomic E-state index is 6.06. The first kappa shape index (κ1) is 11.2. The van der Waals surface area contributed by atoms with Gasteiger partial charge in [-0.25, -0.2) is 4.98 Å². The molecule has 3 rings (SSSR count). The highest BCUT2D eigenvalue weighted by Gasteiger charge is 2.24. The minimum Gasteiger partial charge on any atom is -0.305 e. The van der Waals surface area contributed by atoms with Crippen molar-refractivity contribution in [2.24, 2.45) is 0 Å². The van der Waals surface area contributed by atoms with Crippen LogP contribution in [0, 0.1) is 6.92 Å². The van der Waals surface area contributed by atoms with Crippen LogP contribution in [0.2, 0.25) is 5.02 Å². The molecule has 2 aromatic rings. The van der Waals surface area contributed by atoms with Gasteiger partial charge in [-0.2, -0.15) is 0 Å². The Labute approximate surface area is 110 Å². The van der Waals surface area contributed by atoms with Crippen LogP contribution in [-0.2, 0) is 6.42 Å². The van der Waals surface area contributed by atoms with E-state index in [2.05, 4.69) is 23.3 Å². The molecule has 1 aliphatic heterocycles. The van der Waals surface area contributed by atoms with Crippen LogP contribution in [0.4, 0.5) is 0 Å². The van der Waals surface area contributed by atoms with Gasteiger partial charge in [-0.05, 0) is 24.6 Å². The van der Waals surface area contributed by atoms with E-state index in [0.29, 0.717) is 0 Å². The summed E-state index contributed by atoms with van der Waals surface area (Å²) < 4.78 is 0. The highest BCUT2D eigenvalue weighted by Crippen LogP contribution is 2.33. The van der Waals surface area contributed by atoms with Crippen molar-refractivity contribution >= 4 is 22.9 Å². The van der Waals surface area contributed by atoms with Gasteiger partial charge >= 0.3 is 0 Å². The van der Waals surface area contributed by atoms with Crippen LogP contribution < -0.4 is 5.32 Å². The SMILES string of the molecule is Cc1nc2c(s1)C(c1cccc(Cl)c1)NCC2. The molecule has 0 saturated heterocycles. The normalized spacial score (nSPS) is 19.1. The Bertz CT molecular complexity index is 550. The van der Waals surface area contributed by atoms with E-state index in [9.17, 15) is 0 Å². The summed E-state index contributed by atoms with van der Waals surface area (Å²) in [5.74, 6) is 0. The van der Waals surface area contributed by atoms with Crippen molar-refractivity contribution in [1.82, 2.24) is 10.3 Å². The van der Waals surface area contributed by atoms with E-state index >= 15 is 0 Å². The Kier molecular flexibility index (Phi) is 2.90. The Morgan fingerprint density at radius 2 is 2.35 bits per heavy atom. The first-order valence-electron chi connectivity index (χ1n) is 5.69. The van der Waals surface area contributed by atoms with E-state index in [1.807, 2.05) is 18.2 Å². The van der Waals surface area contributed by atoms with Crippen molar-refractivity contribution in [2.75, 3.05) is 6.54 Å². The molecular formula is C13H13ClN2S. The maximum atomic E-state index is 6.06. The summed E-state index contributed by atoms with van der Waals surface area (Å²) in [6.07, 6.45) is 1.02. The fourth-order valence-electron chi connectivity index (χ4n) is 2.27. The third-order valence-corrected chi connectivity index (χ3v) is 4.30. The topological polar surface area (TPSA) is 24.9 Å². The maximum Gasteiger partial charge on any atom is 0.0900 e. The molecular weight excluding hydrogens is 252 g/mol. The molecule has 0 saturated carbocycles. The van der Waals surface area contributed by atoms with Crippen molar-refractivity contribution in [3.8, 4) is 0 Å². The number of thiazole rings is 1. The van der Waals surface area contributed by atoms with Gasteiger partial charge in [0, 0.05) is 22.9 Å². The molecule has 1 atom stereocenters. The van der Waals surface area contributed by atoms with Crippen LogP contribution >= 0.6 is 22.9 Å². The summed E-state index contributed by atoms with van der Waals surface area (Å²) in [6, 6.07) is 8.31. The lowest BCUT2D eigenvalue weighted by atomic mass is 10.0. The Morgan fingerprint density at radius 3 is 3.18 bits per heavy atom. The van der Waals surface area contributed by atoms with Crippen LogP contribution in [0.15, 0.2) is 24.3 Å². The summed E-state index contributed by atoms with van der Waals surface area (Å²) >= 11 is 7.84. The van der Waals surface area contributed by atoms with Crippen LogP contribution in [0.25, 0.3) is 0 Å². The second-order valence-electron chi connectivity index (χ2n) is 4.24. The van der Waals surface area contributed by atoms with Gasteiger partial charge < -0.3 is 5.32 Å². The molecule has 88 valence electrons. The van der Waals surface area contributed by atoms with E-state index in [4.69, 9.17) is 11.6 Å². The highest BCUT2D eigenvalue weighted by atomic mass is 35.5. The number of halogens is 1. The zero-order chi connectivity index (χ0) is 11.8. The van der Waals surface area contributed by atoms with Gasteiger partial charge in [0.1, 0.15) is 0 Å². The van der Waals surface area contributed by atoms with Crippen LogP contribution in [-0.4, -0.2) is 11.5 Å². The molecule has 1 aliphatic rings. The smallest absolute Gasteiger partial charge is 0.0900 e. The largest absolute Gasteiger partial charge is 0.305 e. The van der Waals surface area contributed by atoms with Gasteiger partial charge in [-0.1, -0.05) is 23.7 Å². The molecule has 1 aromatic carbocycles. The first-order valence-corrected chi connectivity index (χ1v) is 6.88. The van der Waals surface area contributed by atoms with Gasteiger partial charge in [0.25, 0.3) is 0 Å². The quantitative estimate of drug-likeness (QED) is 0.855. The lowest BCUT2D eigenvalue weighted by Crippen LogP contribution is -2.29. The van der Waals surface area contributed by atoms with Crippen molar-refractivity contribution in [1.29, 1.82) is 0 Å². The molecule has 1 unspecified atom stereocenters. The Morgan fingerprint density at radius 1 is 1.47 bits per heavy atom. The summed E-state index contributed by atoms with van der Waals surface area (Å²) in [5, 5.41) is 5.48. The number of hydrogen-bond acceptors (Lipinski definition) is 3. The fraction of sp³-hybridized carbons (Fsp3) is 0.308. The lowest BCUT2D eigenvalue weighted by Gasteiger charge is -2.23. The zero-order valence-electron chi connectivity index (χ0n) is 9.53. The van der Waals surface area contributed by atoms with Crippen molar-refractivity contribution in [3.63, 3.8) is 0 Å².